The zero-order valence-electron chi connectivity index (χ0n) is 12.6. The summed E-state index contributed by atoms with van der Waals surface area (Å²) in [5, 5.41) is 12.5. The first-order valence-electron chi connectivity index (χ1n) is 7.79. The van der Waals surface area contributed by atoms with Gasteiger partial charge in [-0.1, -0.05) is 37.9 Å². The number of hydrogen-bond donors (Lipinski definition) is 1. The van der Waals surface area contributed by atoms with E-state index in [9.17, 15) is 5.11 Å². The molecule has 3 rings (SSSR count). The van der Waals surface area contributed by atoms with E-state index in [4.69, 9.17) is 11.6 Å². The molecule has 1 N–H and O–H groups in total. The van der Waals surface area contributed by atoms with E-state index in [0.29, 0.717) is 16.9 Å². The topological polar surface area (TPSA) is 33.1 Å². The van der Waals surface area contributed by atoms with Crippen molar-refractivity contribution < 1.29 is 5.11 Å². The van der Waals surface area contributed by atoms with Crippen LogP contribution in [0.2, 0.25) is 5.02 Å². The number of rotatable bonds is 2. The smallest absolute Gasteiger partial charge is 0.0839 e. The van der Waals surface area contributed by atoms with Gasteiger partial charge < -0.3 is 5.11 Å². The van der Waals surface area contributed by atoms with E-state index in [2.05, 4.69) is 18.8 Å². The van der Waals surface area contributed by atoms with Crippen molar-refractivity contribution in [3.05, 3.63) is 41.0 Å². The normalized spacial score (nSPS) is 27.7. The molecule has 3 heteroatoms. The van der Waals surface area contributed by atoms with Crippen LogP contribution in [0.3, 0.4) is 0 Å². The third-order valence-electron chi connectivity index (χ3n) is 5.15. The Morgan fingerprint density at radius 3 is 2.76 bits per heavy atom. The van der Waals surface area contributed by atoms with E-state index in [1.54, 1.807) is 6.20 Å². The molecule has 1 heterocycles. The lowest BCUT2D eigenvalue weighted by Gasteiger charge is -2.35. The standard InChI is InChI=1S/C18H22ClNO/c1-11-5-6-13(10-12(11)2)18(21)15-7-8-16(19)14-4-3-9-20-17(14)15/h3-4,7-9,11-13,18,21H,5-6,10H2,1-2H3. The van der Waals surface area contributed by atoms with E-state index in [0.717, 1.165) is 35.2 Å². The highest BCUT2D eigenvalue weighted by molar-refractivity contribution is 6.35. The van der Waals surface area contributed by atoms with Crippen LogP contribution in [-0.2, 0) is 0 Å². The van der Waals surface area contributed by atoms with Gasteiger partial charge in [-0.3, -0.25) is 4.98 Å². The second kappa shape index (κ2) is 5.94. The van der Waals surface area contributed by atoms with Crippen molar-refractivity contribution in [1.29, 1.82) is 0 Å². The third-order valence-corrected chi connectivity index (χ3v) is 5.48. The molecular formula is C18H22ClNO. The fraction of sp³-hybridized carbons (Fsp3) is 0.500. The minimum Gasteiger partial charge on any atom is -0.388 e. The first kappa shape index (κ1) is 14.8. The van der Waals surface area contributed by atoms with E-state index >= 15 is 0 Å². The molecule has 1 saturated carbocycles. The van der Waals surface area contributed by atoms with Gasteiger partial charge in [0.15, 0.2) is 0 Å². The van der Waals surface area contributed by atoms with Crippen molar-refractivity contribution in [2.24, 2.45) is 17.8 Å². The molecule has 0 amide bonds. The minimum absolute atomic E-state index is 0.322. The van der Waals surface area contributed by atoms with E-state index in [-0.39, 0.29) is 0 Å². The number of benzene rings is 1. The van der Waals surface area contributed by atoms with Gasteiger partial charge >= 0.3 is 0 Å². The average Bonchev–Trinajstić information content (AvgIpc) is 2.50. The molecule has 1 aliphatic carbocycles. The maximum atomic E-state index is 10.9. The zero-order valence-corrected chi connectivity index (χ0v) is 13.3. The molecule has 0 aliphatic heterocycles. The van der Waals surface area contributed by atoms with Gasteiger partial charge in [0.1, 0.15) is 0 Å². The Balaban J connectivity index is 1.95. The number of nitrogens with zero attached hydrogens (tertiary/aromatic N) is 1. The largest absolute Gasteiger partial charge is 0.388 e. The van der Waals surface area contributed by atoms with Crippen molar-refractivity contribution in [2.45, 2.75) is 39.2 Å². The van der Waals surface area contributed by atoms with Crippen molar-refractivity contribution in [3.63, 3.8) is 0 Å². The van der Waals surface area contributed by atoms with Crippen LogP contribution < -0.4 is 0 Å². The molecule has 0 spiro atoms. The summed E-state index contributed by atoms with van der Waals surface area (Å²) in [6.45, 7) is 4.61. The molecule has 1 fully saturated rings. The van der Waals surface area contributed by atoms with Gasteiger partial charge in [0.2, 0.25) is 0 Å². The Bertz CT molecular complexity index is 642. The molecule has 21 heavy (non-hydrogen) atoms. The number of aromatic nitrogens is 1. The summed E-state index contributed by atoms with van der Waals surface area (Å²) in [7, 11) is 0. The molecular weight excluding hydrogens is 282 g/mol. The van der Waals surface area contributed by atoms with Crippen molar-refractivity contribution >= 4 is 22.5 Å². The molecule has 2 aromatic rings. The predicted molar refractivity (Wildman–Crippen MR) is 87.4 cm³/mol. The van der Waals surface area contributed by atoms with Crippen LogP contribution in [-0.4, -0.2) is 10.1 Å². The van der Waals surface area contributed by atoms with Crippen molar-refractivity contribution in [2.75, 3.05) is 0 Å². The number of halogens is 1. The molecule has 1 aliphatic rings. The number of fused-ring (bicyclic) bond motifs is 1. The van der Waals surface area contributed by atoms with Crippen LogP contribution >= 0.6 is 11.6 Å². The highest BCUT2D eigenvalue weighted by Crippen LogP contribution is 2.41. The third kappa shape index (κ3) is 2.79. The zero-order chi connectivity index (χ0) is 15.0. The highest BCUT2D eigenvalue weighted by Gasteiger charge is 2.31. The van der Waals surface area contributed by atoms with Gasteiger partial charge in [-0.2, -0.15) is 0 Å². The van der Waals surface area contributed by atoms with Gasteiger partial charge in [0.25, 0.3) is 0 Å². The molecule has 0 radical (unpaired) electrons. The number of hydrogen-bond acceptors (Lipinski definition) is 2. The highest BCUT2D eigenvalue weighted by atomic mass is 35.5. The summed E-state index contributed by atoms with van der Waals surface area (Å²) in [4.78, 5) is 4.45. The first-order valence-corrected chi connectivity index (χ1v) is 8.17. The van der Waals surface area contributed by atoms with Crippen molar-refractivity contribution in [1.82, 2.24) is 4.98 Å². The summed E-state index contributed by atoms with van der Waals surface area (Å²) < 4.78 is 0. The molecule has 112 valence electrons. The van der Waals surface area contributed by atoms with Gasteiger partial charge in [0.05, 0.1) is 11.6 Å². The lowest BCUT2D eigenvalue weighted by atomic mass is 9.73. The van der Waals surface area contributed by atoms with Crippen LogP contribution in [0.15, 0.2) is 30.5 Å². The Hall–Kier alpha value is -1.12. The molecule has 4 atom stereocenters. The van der Waals surface area contributed by atoms with Gasteiger partial charge in [-0.25, -0.2) is 0 Å². The number of pyridine rings is 1. The Labute approximate surface area is 131 Å². The lowest BCUT2D eigenvalue weighted by molar-refractivity contribution is 0.0570. The van der Waals surface area contributed by atoms with E-state index in [1.165, 1.54) is 6.42 Å². The maximum Gasteiger partial charge on any atom is 0.0839 e. The quantitative estimate of drug-likeness (QED) is 0.847. The Morgan fingerprint density at radius 1 is 1.19 bits per heavy atom. The SMILES string of the molecule is CC1CCC(C(O)c2ccc(Cl)c3cccnc23)CC1C. The number of aliphatic hydroxyl groups excluding tert-OH is 1. The van der Waals surface area contributed by atoms with Gasteiger partial charge in [0, 0.05) is 22.2 Å². The van der Waals surface area contributed by atoms with Crippen LogP contribution in [0, 0.1) is 17.8 Å². The predicted octanol–water partition coefficient (Wildman–Crippen LogP) is 4.99. The fourth-order valence-corrected chi connectivity index (χ4v) is 3.74. The number of aliphatic hydroxyl groups is 1. The molecule has 2 nitrogen and oxygen atoms in total. The van der Waals surface area contributed by atoms with Gasteiger partial charge in [-0.15, -0.1) is 0 Å². The Kier molecular flexibility index (Phi) is 4.19. The first-order chi connectivity index (χ1) is 10.1. The van der Waals surface area contributed by atoms with E-state index < -0.39 is 6.10 Å². The molecule has 0 saturated heterocycles. The fourth-order valence-electron chi connectivity index (χ4n) is 3.53. The average molecular weight is 304 g/mol. The summed E-state index contributed by atoms with van der Waals surface area (Å²) in [6.07, 6.45) is 4.68. The lowest BCUT2D eigenvalue weighted by Crippen LogP contribution is -2.25. The second-order valence-corrected chi connectivity index (χ2v) is 6.92. The van der Waals surface area contributed by atoms with Crippen LogP contribution in [0.25, 0.3) is 10.9 Å². The van der Waals surface area contributed by atoms with E-state index in [1.807, 2.05) is 24.3 Å². The Morgan fingerprint density at radius 2 is 2.00 bits per heavy atom. The minimum atomic E-state index is -0.449. The molecule has 1 aromatic heterocycles. The summed E-state index contributed by atoms with van der Waals surface area (Å²) in [6, 6.07) is 7.66. The summed E-state index contributed by atoms with van der Waals surface area (Å²) in [5.41, 5.74) is 1.76. The van der Waals surface area contributed by atoms with Crippen LogP contribution in [0.1, 0.15) is 44.8 Å². The second-order valence-electron chi connectivity index (χ2n) is 6.51. The van der Waals surface area contributed by atoms with Crippen molar-refractivity contribution in [3.8, 4) is 0 Å². The van der Waals surface area contributed by atoms with Crippen LogP contribution in [0.5, 0.6) is 0 Å². The maximum absolute atomic E-state index is 10.9. The molecule has 4 unspecified atom stereocenters. The summed E-state index contributed by atoms with van der Waals surface area (Å²) >= 11 is 6.24. The summed E-state index contributed by atoms with van der Waals surface area (Å²) in [5.74, 6) is 1.75. The monoisotopic (exact) mass is 303 g/mol. The van der Waals surface area contributed by atoms with Gasteiger partial charge in [-0.05, 0) is 48.8 Å². The van der Waals surface area contributed by atoms with Crippen LogP contribution in [0.4, 0.5) is 0 Å². The molecule has 1 aromatic carbocycles. The molecule has 0 bridgehead atoms.